The second-order valence-electron chi connectivity index (χ2n) is 6.84. The van der Waals surface area contributed by atoms with E-state index >= 15 is 0 Å². The van der Waals surface area contributed by atoms with E-state index in [1.54, 1.807) is 0 Å². The number of halogens is 9. The normalized spacial score (nSPS) is 14.5. The van der Waals surface area contributed by atoms with Crippen molar-refractivity contribution in [2.45, 2.75) is 83.4 Å². The first-order valence-corrected chi connectivity index (χ1v) is 9.18. The van der Waals surface area contributed by atoms with E-state index in [4.69, 9.17) is 0 Å². The van der Waals surface area contributed by atoms with Gasteiger partial charge in [-0.1, -0.05) is 52.0 Å². The highest BCUT2D eigenvalue weighted by Gasteiger charge is 2.86. The van der Waals surface area contributed by atoms with Crippen molar-refractivity contribution in [3.63, 3.8) is 0 Å². The molecule has 0 aromatic rings. The molecule has 0 aliphatic heterocycles. The smallest absolute Gasteiger partial charge is 0.414 e. The standard InChI is InChI=1S/C18H25F9O3/c1-4-5-6-7-8-9-10-13(29-11-30-14(28)12(2)3)15(16(19,20)21,17(22,23)24)18(25,26)27/h13H,2,4-11H2,1,3H3. The number of unbranched alkanes of at least 4 members (excludes halogenated alkanes) is 5. The molecule has 0 aliphatic carbocycles. The summed E-state index contributed by atoms with van der Waals surface area (Å²) in [7, 11) is 0. The molecule has 178 valence electrons. The van der Waals surface area contributed by atoms with Gasteiger partial charge in [0.05, 0.1) is 6.10 Å². The van der Waals surface area contributed by atoms with Gasteiger partial charge in [0.2, 0.25) is 0 Å². The Kier molecular flexibility index (Phi) is 10.7. The van der Waals surface area contributed by atoms with Gasteiger partial charge in [-0.2, -0.15) is 39.5 Å². The zero-order valence-electron chi connectivity index (χ0n) is 16.6. The van der Waals surface area contributed by atoms with Crippen molar-refractivity contribution < 1.29 is 53.8 Å². The maximum Gasteiger partial charge on any atom is 0.414 e. The predicted molar refractivity (Wildman–Crippen MR) is 89.2 cm³/mol. The van der Waals surface area contributed by atoms with Crippen LogP contribution >= 0.6 is 0 Å². The predicted octanol–water partition coefficient (Wildman–Crippen LogP) is 6.87. The van der Waals surface area contributed by atoms with E-state index in [1.165, 1.54) is 0 Å². The van der Waals surface area contributed by atoms with Gasteiger partial charge >= 0.3 is 24.5 Å². The Balaban J connectivity index is 5.84. The van der Waals surface area contributed by atoms with Crippen LogP contribution in [0.3, 0.4) is 0 Å². The Hall–Kier alpha value is -1.46. The fourth-order valence-corrected chi connectivity index (χ4v) is 2.86. The van der Waals surface area contributed by atoms with Gasteiger partial charge in [-0.15, -0.1) is 0 Å². The molecule has 0 heterocycles. The molecule has 0 rings (SSSR count). The van der Waals surface area contributed by atoms with E-state index in [2.05, 4.69) is 16.1 Å². The zero-order valence-corrected chi connectivity index (χ0v) is 16.6. The lowest BCUT2D eigenvalue weighted by Crippen LogP contribution is -2.66. The molecule has 0 bridgehead atoms. The minimum atomic E-state index is -6.76. The molecule has 0 amide bonds. The van der Waals surface area contributed by atoms with Crippen LogP contribution in [0.1, 0.15) is 58.8 Å². The zero-order chi connectivity index (χ0) is 23.8. The first kappa shape index (κ1) is 28.5. The molecule has 3 nitrogen and oxygen atoms in total. The number of carbonyl (C=O) groups is 1. The topological polar surface area (TPSA) is 35.5 Å². The van der Waals surface area contributed by atoms with E-state index in [1.807, 2.05) is 6.92 Å². The second-order valence-corrected chi connectivity index (χ2v) is 6.84. The van der Waals surface area contributed by atoms with Gasteiger partial charge in [-0.3, -0.25) is 0 Å². The van der Waals surface area contributed by atoms with Crippen LogP contribution in [-0.2, 0) is 14.3 Å². The quantitative estimate of drug-likeness (QED) is 0.105. The summed E-state index contributed by atoms with van der Waals surface area (Å²) < 4.78 is 129. The van der Waals surface area contributed by atoms with Crippen LogP contribution in [0.4, 0.5) is 39.5 Å². The van der Waals surface area contributed by atoms with Gasteiger partial charge < -0.3 is 9.47 Å². The Morgan fingerprint density at radius 3 is 1.67 bits per heavy atom. The summed E-state index contributed by atoms with van der Waals surface area (Å²) in [6.07, 6.45) is -22.4. The average Bonchev–Trinajstić information content (AvgIpc) is 2.53. The molecule has 0 radical (unpaired) electrons. The summed E-state index contributed by atoms with van der Waals surface area (Å²) in [4.78, 5) is 11.3. The summed E-state index contributed by atoms with van der Waals surface area (Å²) >= 11 is 0. The highest BCUT2D eigenvalue weighted by atomic mass is 19.4. The summed E-state index contributed by atoms with van der Waals surface area (Å²) in [6, 6.07) is 0. The van der Waals surface area contributed by atoms with Crippen LogP contribution in [0.25, 0.3) is 0 Å². The van der Waals surface area contributed by atoms with Crippen molar-refractivity contribution in [3.8, 4) is 0 Å². The molecular weight excluding hydrogens is 435 g/mol. The van der Waals surface area contributed by atoms with Gasteiger partial charge in [0.1, 0.15) is 0 Å². The Bertz CT molecular complexity index is 515. The number of esters is 1. The number of alkyl halides is 9. The van der Waals surface area contributed by atoms with E-state index in [0.29, 0.717) is 12.8 Å². The number of hydrogen-bond acceptors (Lipinski definition) is 3. The van der Waals surface area contributed by atoms with Gasteiger partial charge in [-0.25, -0.2) is 4.79 Å². The van der Waals surface area contributed by atoms with Gasteiger partial charge in [0.15, 0.2) is 6.79 Å². The largest absolute Gasteiger partial charge is 0.435 e. The van der Waals surface area contributed by atoms with Crippen LogP contribution in [0.15, 0.2) is 12.2 Å². The summed E-state index contributed by atoms with van der Waals surface area (Å²) in [5, 5.41) is 0. The molecule has 0 spiro atoms. The first-order valence-electron chi connectivity index (χ1n) is 9.18. The summed E-state index contributed by atoms with van der Waals surface area (Å²) in [6.45, 7) is 4.62. The highest BCUT2D eigenvalue weighted by molar-refractivity contribution is 5.86. The van der Waals surface area contributed by atoms with Crippen molar-refractivity contribution >= 4 is 5.97 Å². The number of ether oxygens (including phenoxy) is 2. The second kappa shape index (κ2) is 11.2. The van der Waals surface area contributed by atoms with Crippen molar-refractivity contribution in [2.24, 2.45) is 5.41 Å². The van der Waals surface area contributed by atoms with Crippen molar-refractivity contribution in [1.82, 2.24) is 0 Å². The lowest BCUT2D eigenvalue weighted by atomic mass is 9.77. The molecule has 0 aromatic carbocycles. The SMILES string of the molecule is C=C(C)C(=O)OCOC(CCCCCCCC)C(C(F)(F)F)(C(F)(F)F)C(F)(F)F. The van der Waals surface area contributed by atoms with Crippen LogP contribution < -0.4 is 0 Å². The molecule has 1 atom stereocenters. The third-order valence-corrected chi connectivity index (χ3v) is 4.45. The van der Waals surface area contributed by atoms with E-state index < -0.39 is 49.2 Å². The molecule has 30 heavy (non-hydrogen) atoms. The lowest BCUT2D eigenvalue weighted by molar-refractivity contribution is -0.452. The lowest BCUT2D eigenvalue weighted by Gasteiger charge is -2.43. The summed E-state index contributed by atoms with van der Waals surface area (Å²) in [5.74, 6) is -1.23. The van der Waals surface area contributed by atoms with Crippen LogP contribution in [0.5, 0.6) is 0 Å². The Morgan fingerprint density at radius 1 is 0.833 bits per heavy atom. The minimum absolute atomic E-state index is 0.120. The third-order valence-electron chi connectivity index (χ3n) is 4.45. The maximum absolute atomic E-state index is 13.4. The molecule has 0 aromatic heterocycles. The molecular formula is C18H25F9O3. The van der Waals surface area contributed by atoms with Gasteiger partial charge in [0.25, 0.3) is 5.41 Å². The first-order chi connectivity index (χ1) is 13.5. The summed E-state index contributed by atoms with van der Waals surface area (Å²) in [5.41, 5.74) is -6.40. The Morgan fingerprint density at radius 2 is 1.27 bits per heavy atom. The van der Waals surface area contributed by atoms with Crippen molar-refractivity contribution in [3.05, 3.63) is 12.2 Å². The van der Waals surface area contributed by atoms with E-state index in [0.717, 1.165) is 19.8 Å². The van der Waals surface area contributed by atoms with Crippen LogP contribution in [-0.4, -0.2) is 37.4 Å². The van der Waals surface area contributed by atoms with Gasteiger partial charge in [-0.05, 0) is 13.3 Å². The van der Waals surface area contributed by atoms with Crippen LogP contribution in [0, 0.1) is 5.41 Å². The average molecular weight is 460 g/mol. The van der Waals surface area contributed by atoms with E-state index in [9.17, 15) is 44.3 Å². The third kappa shape index (κ3) is 7.05. The van der Waals surface area contributed by atoms with Crippen molar-refractivity contribution in [1.29, 1.82) is 0 Å². The molecule has 1 unspecified atom stereocenters. The van der Waals surface area contributed by atoms with E-state index in [-0.39, 0.29) is 18.4 Å². The fraction of sp³-hybridized carbons (Fsp3) is 0.833. The molecule has 0 saturated carbocycles. The highest BCUT2D eigenvalue weighted by Crippen LogP contribution is 2.62. The maximum atomic E-state index is 13.4. The Labute approximate surface area is 168 Å². The molecule has 0 fully saturated rings. The van der Waals surface area contributed by atoms with Crippen molar-refractivity contribution in [2.75, 3.05) is 6.79 Å². The fourth-order valence-electron chi connectivity index (χ4n) is 2.86. The van der Waals surface area contributed by atoms with Crippen LogP contribution in [0.2, 0.25) is 0 Å². The minimum Gasteiger partial charge on any atom is -0.435 e. The van der Waals surface area contributed by atoms with Gasteiger partial charge in [0, 0.05) is 5.57 Å². The number of rotatable bonds is 12. The molecule has 0 N–H and O–H groups in total. The molecule has 0 aliphatic rings. The molecule has 12 heteroatoms. The number of carbonyl (C=O) groups excluding carboxylic acids is 1. The monoisotopic (exact) mass is 460 g/mol. The number of hydrogen-bond donors (Lipinski definition) is 0. The molecule has 0 saturated heterocycles.